The maximum atomic E-state index is 13.0. The number of carbonyl (C=O) groups excluding carboxylic acids is 2. The van der Waals surface area contributed by atoms with Crippen molar-refractivity contribution in [1.82, 2.24) is 9.80 Å². The van der Waals surface area contributed by atoms with E-state index in [1.807, 2.05) is 30.3 Å². The predicted molar refractivity (Wildman–Crippen MR) is 158 cm³/mol. The van der Waals surface area contributed by atoms with E-state index in [1.54, 1.807) is 24.3 Å². The topological polar surface area (TPSA) is 91.3 Å². The van der Waals surface area contributed by atoms with Gasteiger partial charge in [-0.1, -0.05) is 55.3 Å². The standard InChI is InChI=1S/C33H40F3N3O5/c1-2-17-38(26-6-3-4-7-26)20-27-19-29(23-11-9-22(21-40)10-12-23)44-31(43-27)24-13-15-25(16-14-24)37-30(41)28-8-5-18-39(28)32(42)33(34,35)36/h2,9-16,26-29,31,40H,1,3-8,17-21H2,(H,37,41)/t27-,28-,29+,31+/m0/s1. The minimum Gasteiger partial charge on any atom is -0.392 e. The SMILES string of the molecule is C=CCN(C[C@@H]1C[C@H](c2ccc(CO)cc2)O[C@H](c2ccc(NC(=O)[C@@H]3CCCN3C(=O)C(F)(F)F)cc2)O1)C1CCCC1. The molecule has 3 fully saturated rings. The van der Waals surface area contributed by atoms with Crippen LogP contribution in [0.2, 0.25) is 0 Å². The lowest BCUT2D eigenvalue weighted by molar-refractivity contribution is -0.253. The number of nitrogens with zero attached hydrogens (tertiary/aromatic N) is 2. The first-order valence-corrected chi connectivity index (χ1v) is 15.3. The minimum atomic E-state index is -5.03. The summed E-state index contributed by atoms with van der Waals surface area (Å²) in [7, 11) is 0. The summed E-state index contributed by atoms with van der Waals surface area (Å²) in [5.74, 6) is -2.65. The number of amides is 2. The molecule has 3 aliphatic rings. The summed E-state index contributed by atoms with van der Waals surface area (Å²) in [6.07, 6.45) is 1.72. The summed E-state index contributed by atoms with van der Waals surface area (Å²) in [5.41, 5.74) is 2.92. The Morgan fingerprint density at radius 1 is 1.00 bits per heavy atom. The molecule has 0 spiro atoms. The van der Waals surface area contributed by atoms with Crippen molar-refractivity contribution >= 4 is 17.5 Å². The highest BCUT2D eigenvalue weighted by atomic mass is 19.4. The molecule has 238 valence electrons. The van der Waals surface area contributed by atoms with Gasteiger partial charge in [-0.2, -0.15) is 13.2 Å². The van der Waals surface area contributed by atoms with E-state index in [2.05, 4.69) is 16.8 Å². The fourth-order valence-electron chi connectivity index (χ4n) is 6.50. The van der Waals surface area contributed by atoms with Crippen LogP contribution in [0.4, 0.5) is 18.9 Å². The highest BCUT2D eigenvalue weighted by Gasteiger charge is 2.47. The van der Waals surface area contributed by atoms with Gasteiger partial charge in [-0.15, -0.1) is 6.58 Å². The van der Waals surface area contributed by atoms with Gasteiger partial charge in [-0.3, -0.25) is 14.5 Å². The number of hydrogen-bond acceptors (Lipinski definition) is 6. The van der Waals surface area contributed by atoms with Crippen LogP contribution in [0.3, 0.4) is 0 Å². The number of anilines is 1. The first kappa shape index (κ1) is 32.2. The van der Waals surface area contributed by atoms with Gasteiger partial charge in [-0.25, -0.2) is 0 Å². The second kappa shape index (κ2) is 14.2. The number of nitrogens with one attached hydrogen (secondary N) is 1. The summed E-state index contributed by atoms with van der Waals surface area (Å²) < 4.78 is 52.0. The fourth-order valence-corrected chi connectivity index (χ4v) is 6.50. The van der Waals surface area contributed by atoms with Crippen LogP contribution in [0, 0.1) is 0 Å². The van der Waals surface area contributed by atoms with Crippen molar-refractivity contribution in [2.75, 3.05) is 25.0 Å². The molecule has 44 heavy (non-hydrogen) atoms. The van der Waals surface area contributed by atoms with Gasteiger partial charge in [0, 0.05) is 43.3 Å². The molecule has 2 aliphatic heterocycles. The Morgan fingerprint density at radius 3 is 2.32 bits per heavy atom. The molecule has 11 heteroatoms. The highest BCUT2D eigenvalue weighted by molar-refractivity contribution is 5.98. The lowest BCUT2D eigenvalue weighted by atomic mass is 9.99. The molecule has 0 bridgehead atoms. The number of hydrogen-bond donors (Lipinski definition) is 2. The molecule has 2 N–H and O–H groups in total. The summed E-state index contributed by atoms with van der Waals surface area (Å²) in [6, 6.07) is 13.8. The van der Waals surface area contributed by atoms with E-state index < -0.39 is 30.3 Å². The monoisotopic (exact) mass is 615 g/mol. The van der Waals surface area contributed by atoms with Crippen LogP contribution in [-0.2, 0) is 25.7 Å². The number of ether oxygens (including phenoxy) is 2. The Balaban J connectivity index is 1.30. The second-order valence-corrected chi connectivity index (χ2v) is 11.8. The summed E-state index contributed by atoms with van der Waals surface area (Å²) in [5, 5.41) is 12.1. The van der Waals surface area contributed by atoms with E-state index in [0.29, 0.717) is 29.5 Å². The zero-order chi connectivity index (χ0) is 31.3. The Labute approximate surface area is 255 Å². The van der Waals surface area contributed by atoms with Gasteiger partial charge >= 0.3 is 12.1 Å². The van der Waals surface area contributed by atoms with Crippen LogP contribution in [0.1, 0.15) is 74.0 Å². The highest BCUT2D eigenvalue weighted by Crippen LogP contribution is 2.39. The third-order valence-electron chi connectivity index (χ3n) is 8.77. The van der Waals surface area contributed by atoms with Gasteiger partial charge in [0.25, 0.3) is 0 Å². The van der Waals surface area contributed by atoms with Crippen LogP contribution in [0.15, 0.2) is 61.2 Å². The molecule has 2 saturated heterocycles. The van der Waals surface area contributed by atoms with Crippen molar-refractivity contribution in [2.24, 2.45) is 0 Å². The molecule has 0 radical (unpaired) electrons. The lowest BCUT2D eigenvalue weighted by Gasteiger charge is -2.39. The number of aliphatic hydroxyl groups excluding tert-OH is 1. The Bertz CT molecular complexity index is 1280. The van der Waals surface area contributed by atoms with Gasteiger partial charge in [0.2, 0.25) is 5.91 Å². The predicted octanol–water partition coefficient (Wildman–Crippen LogP) is 5.65. The van der Waals surface area contributed by atoms with Crippen molar-refractivity contribution in [3.63, 3.8) is 0 Å². The molecule has 8 nitrogen and oxygen atoms in total. The number of alkyl halides is 3. The molecule has 2 amide bonds. The van der Waals surface area contributed by atoms with E-state index >= 15 is 0 Å². The van der Waals surface area contributed by atoms with E-state index in [-0.39, 0.29) is 31.8 Å². The average Bonchev–Trinajstić information content (AvgIpc) is 3.74. The van der Waals surface area contributed by atoms with Crippen molar-refractivity contribution in [3.05, 3.63) is 77.9 Å². The molecule has 1 saturated carbocycles. The quantitative estimate of drug-likeness (QED) is 0.336. The van der Waals surface area contributed by atoms with Gasteiger partial charge in [-0.05, 0) is 48.9 Å². The molecule has 2 aromatic rings. The van der Waals surface area contributed by atoms with Crippen LogP contribution >= 0.6 is 0 Å². The number of benzene rings is 2. The summed E-state index contributed by atoms with van der Waals surface area (Å²) >= 11 is 0. The molecular formula is C33H40F3N3O5. The molecular weight excluding hydrogens is 575 g/mol. The maximum Gasteiger partial charge on any atom is 0.471 e. The number of rotatable bonds is 10. The minimum absolute atomic E-state index is 0.0433. The smallest absolute Gasteiger partial charge is 0.392 e. The normalized spacial score (nSPS) is 24.5. The van der Waals surface area contributed by atoms with Crippen molar-refractivity contribution in [3.8, 4) is 0 Å². The van der Waals surface area contributed by atoms with E-state index in [0.717, 1.165) is 42.6 Å². The summed E-state index contributed by atoms with van der Waals surface area (Å²) in [4.78, 5) is 27.7. The maximum absolute atomic E-state index is 13.0. The van der Waals surface area contributed by atoms with E-state index in [4.69, 9.17) is 9.47 Å². The average molecular weight is 616 g/mol. The molecule has 2 aromatic carbocycles. The molecule has 0 aromatic heterocycles. The van der Waals surface area contributed by atoms with E-state index in [9.17, 15) is 27.9 Å². The molecule has 1 aliphatic carbocycles. The van der Waals surface area contributed by atoms with Gasteiger partial charge < -0.3 is 24.8 Å². The number of carbonyl (C=O) groups is 2. The van der Waals surface area contributed by atoms with Crippen LogP contribution < -0.4 is 5.32 Å². The number of likely N-dealkylation sites (tertiary alicyclic amines) is 1. The zero-order valence-corrected chi connectivity index (χ0v) is 24.7. The zero-order valence-electron chi connectivity index (χ0n) is 24.7. The van der Waals surface area contributed by atoms with Crippen LogP contribution in [0.5, 0.6) is 0 Å². The fraction of sp³-hybridized carbons (Fsp3) is 0.515. The number of halogens is 3. The molecule has 5 rings (SSSR count). The molecule has 0 unspecified atom stereocenters. The largest absolute Gasteiger partial charge is 0.471 e. The molecule has 2 heterocycles. The third kappa shape index (κ3) is 7.69. The molecule has 4 atom stereocenters. The second-order valence-electron chi connectivity index (χ2n) is 11.8. The van der Waals surface area contributed by atoms with Crippen LogP contribution in [0.25, 0.3) is 0 Å². The first-order valence-electron chi connectivity index (χ1n) is 15.3. The lowest BCUT2D eigenvalue weighted by Crippen LogP contribution is -2.48. The van der Waals surface area contributed by atoms with Gasteiger partial charge in [0.1, 0.15) is 6.04 Å². The first-order chi connectivity index (χ1) is 21.2. The number of aliphatic hydroxyl groups is 1. The Morgan fingerprint density at radius 2 is 1.68 bits per heavy atom. The van der Waals surface area contributed by atoms with Gasteiger partial charge in [0.05, 0.1) is 18.8 Å². The Kier molecular flexibility index (Phi) is 10.4. The summed E-state index contributed by atoms with van der Waals surface area (Å²) in [6.45, 7) is 5.30. The van der Waals surface area contributed by atoms with E-state index in [1.165, 1.54) is 12.8 Å². The van der Waals surface area contributed by atoms with Crippen LogP contribution in [-0.4, -0.2) is 70.7 Å². The van der Waals surface area contributed by atoms with Crippen molar-refractivity contribution < 1.29 is 37.3 Å². The van der Waals surface area contributed by atoms with Gasteiger partial charge in [0.15, 0.2) is 6.29 Å². The van der Waals surface area contributed by atoms with Crippen molar-refractivity contribution in [1.29, 1.82) is 0 Å². The third-order valence-corrected chi connectivity index (χ3v) is 8.77. The van der Waals surface area contributed by atoms with Crippen molar-refractivity contribution in [2.45, 2.75) is 88.3 Å². The Hall–Kier alpha value is -3.25.